The van der Waals surface area contributed by atoms with Crippen molar-refractivity contribution in [2.45, 2.75) is 18.3 Å². The van der Waals surface area contributed by atoms with Crippen molar-refractivity contribution in [3.05, 3.63) is 70.3 Å². The van der Waals surface area contributed by atoms with E-state index in [2.05, 4.69) is 10.5 Å². The Labute approximate surface area is 154 Å². The maximum Gasteiger partial charge on any atom is 0.236 e. The molecule has 1 aliphatic carbocycles. The van der Waals surface area contributed by atoms with Crippen LogP contribution in [0, 0.1) is 0 Å². The van der Waals surface area contributed by atoms with Crippen molar-refractivity contribution in [2.75, 3.05) is 5.32 Å². The quantitative estimate of drug-likeness (QED) is 0.674. The lowest BCUT2D eigenvalue weighted by atomic mass is 10.00. The predicted molar refractivity (Wildman–Crippen MR) is 97.9 cm³/mol. The highest BCUT2D eigenvalue weighted by atomic mass is 35.5. The van der Waals surface area contributed by atoms with Crippen LogP contribution in [0.4, 0.5) is 5.69 Å². The number of carbonyl (C=O) groups is 1. The summed E-state index contributed by atoms with van der Waals surface area (Å²) in [5, 5.41) is 7.95. The Balaban J connectivity index is 1.59. The molecule has 6 heteroatoms. The monoisotopic (exact) mass is 372 g/mol. The van der Waals surface area contributed by atoms with E-state index >= 15 is 0 Å². The summed E-state index contributed by atoms with van der Waals surface area (Å²) in [4.78, 5) is 12.8. The molecule has 1 N–H and O–H groups in total. The number of rotatable bonds is 4. The number of hydrogen-bond acceptors (Lipinski definition) is 3. The molecule has 0 atom stereocenters. The standard InChI is InChI=1S/C19H14Cl2N2O2/c20-13-6-7-14(21)15(10-13)22-18(24)19(8-9-19)17-11-16(25-23-17)12-4-2-1-3-5-12/h1-7,10-11H,8-9H2,(H,22,24). The molecule has 0 aliphatic heterocycles. The number of hydrogen-bond donors (Lipinski definition) is 1. The lowest BCUT2D eigenvalue weighted by Crippen LogP contribution is -2.28. The van der Waals surface area contributed by atoms with E-state index in [1.807, 2.05) is 36.4 Å². The summed E-state index contributed by atoms with van der Waals surface area (Å²) in [5.74, 6) is 0.500. The van der Waals surface area contributed by atoms with Crippen LogP contribution < -0.4 is 5.32 Å². The number of amides is 1. The van der Waals surface area contributed by atoms with Gasteiger partial charge in [0.25, 0.3) is 0 Å². The Morgan fingerprint density at radius 1 is 1.08 bits per heavy atom. The van der Waals surface area contributed by atoms with Gasteiger partial charge in [-0.1, -0.05) is 58.7 Å². The molecule has 0 unspecified atom stereocenters. The van der Waals surface area contributed by atoms with Gasteiger partial charge >= 0.3 is 0 Å². The highest BCUT2D eigenvalue weighted by Crippen LogP contribution is 2.49. The van der Waals surface area contributed by atoms with E-state index in [9.17, 15) is 4.79 Å². The van der Waals surface area contributed by atoms with E-state index in [-0.39, 0.29) is 5.91 Å². The molecule has 1 heterocycles. The maximum absolute atomic E-state index is 12.8. The minimum Gasteiger partial charge on any atom is -0.356 e. The molecule has 1 saturated carbocycles. The summed E-state index contributed by atoms with van der Waals surface area (Å²) in [6.45, 7) is 0. The van der Waals surface area contributed by atoms with E-state index in [0.29, 0.717) is 27.2 Å². The van der Waals surface area contributed by atoms with E-state index in [4.69, 9.17) is 27.7 Å². The molecule has 25 heavy (non-hydrogen) atoms. The molecule has 0 saturated heterocycles. The van der Waals surface area contributed by atoms with Crippen molar-refractivity contribution >= 4 is 34.8 Å². The number of benzene rings is 2. The topological polar surface area (TPSA) is 55.1 Å². The van der Waals surface area contributed by atoms with Crippen LogP contribution in [0.15, 0.2) is 59.1 Å². The highest BCUT2D eigenvalue weighted by Gasteiger charge is 2.54. The van der Waals surface area contributed by atoms with Gasteiger partial charge in [0.1, 0.15) is 0 Å². The molecule has 4 nitrogen and oxygen atoms in total. The summed E-state index contributed by atoms with van der Waals surface area (Å²) in [6, 6.07) is 16.5. The average Bonchev–Trinajstić information content (AvgIpc) is 3.29. The summed E-state index contributed by atoms with van der Waals surface area (Å²) < 4.78 is 5.44. The van der Waals surface area contributed by atoms with Gasteiger partial charge in [0, 0.05) is 16.7 Å². The zero-order valence-corrected chi connectivity index (χ0v) is 14.6. The summed E-state index contributed by atoms with van der Waals surface area (Å²) >= 11 is 12.1. The van der Waals surface area contributed by atoms with Gasteiger partial charge in [-0.3, -0.25) is 4.79 Å². The molecule has 2 aromatic carbocycles. The van der Waals surface area contributed by atoms with Crippen LogP contribution in [0.3, 0.4) is 0 Å². The molecule has 0 spiro atoms. The Morgan fingerprint density at radius 3 is 2.56 bits per heavy atom. The fraction of sp³-hybridized carbons (Fsp3) is 0.158. The Bertz CT molecular complexity index is 934. The minimum atomic E-state index is -0.665. The number of aromatic nitrogens is 1. The molecule has 1 aromatic heterocycles. The zero-order valence-electron chi connectivity index (χ0n) is 13.1. The van der Waals surface area contributed by atoms with Gasteiger partial charge in [0.2, 0.25) is 5.91 Å². The molecule has 3 aromatic rings. The largest absolute Gasteiger partial charge is 0.356 e. The Hall–Kier alpha value is -2.30. The van der Waals surface area contributed by atoms with E-state index in [1.165, 1.54) is 0 Å². The van der Waals surface area contributed by atoms with Crippen LogP contribution in [0.25, 0.3) is 11.3 Å². The van der Waals surface area contributed by atoms with E-state index in [1.54, 1.807) is 18.2 Å². The molecule has 126 valence electrons. The lowest BCUT2D eigenvalue weighted by molar-refractivity contribution is -0.118. The van der Waals surface area contributed by atoms with E-state index in [0.717, 1.165) is 18.4 Å². The zero-order chi connectivity index (χ0) is 17.4. The number of halogens is 2. The highest BCUT2D eigenvalue weighted by molar-refractivity contribution is 6.35. The van der Waals surface area contributed by atoms with Crippen molar-refractivity contribution in [1.82, 2.24) is 5.16 Å². The maximum atomic E-state index is 12.8. The first kappa shape index (κ1) is 16.2. The normalized spacial score (nSPS) is 15.0. The van der Waals surface area contributed by atoms with Gasteiger partial charge in [-0.15, -0.1) is 0 Å². The second-order valence-electron chi connectivity index (χ2n) is 6.10. The van der Waals surface area contributed by atoms with Gasteiger partial charge in [-0.25, -0.2) is 0 Å². The average molecular weight is 373 g/mol. The summed E-state index contributed by atoms with van der Waals surface area (Å²) in [6.07, 6.45) is 1.44. The number of nitrogens with zero attached hydrogens (tertiary/aromatic N) is 1. The molecular formula is C19H14Cl2N2O2. The van der Waals surface area contributed by atoms with Gasteiger partial charge in [-0.2, -0.15) is 0 Å². The van der Waals surface area contributed by atoms with Gasteiger partial charge in [0.05, 0.1) is 21.8 Å². The second-order valence-corrected chi connectivity index (χ2v) is 6.95. The predicted octanol–water partition coefficient (Wildman–Crippen LogP) is 5.32. The van der Waals surface area contributed by atoms with Crippen molar-refractivity contribution < 1.29 is 9.32 Å². The second kappa shape index (κ2) is 6.21. The van der Waals surface area contributed by atoms with Crippen molar-refractivity contribution in [2.24, 2.45) is 0 Å². The molecule has 0 radical (unpaired) electrons. The first-order chi connectivity index (χ1) is 12.1. The fourth-order valence-electron chi connectivity index (χ4n) is 2.80. The first-order valence-electron chi connectivity index (χ1n) is 7.88. The van der Waals surface area contributed by atoms with Crippen LogP contribution in [0.2, 0.25) is 10.0 Å². The molecular weight excluding hydrogens is 359 g/mol. The third-order valence-electron chi connectivity index (χ3n) is 4.42. The van der Waals surface area contributed by atoms with Gasteiger partial charge < -0.3 is 9.84 Å². The number of anilines is 1. The number of nitrogens with one attached hydrogen (secondary N) is 1. The third kappa shape index (κ3) is 3.03. The molecule has 4 rings (SSSR count). The SMILES string of the molecule is O=C(Nc1cc(Cl)ccc1Cl)C1(c2cc(-c3ccccc3)on2)CC1. The number of carbonyl (C=O) groups excluding carboxylic acids is 1. The fourth-order valence-corrected chi connectivity index (χ4v) is 3.14. The third-order valence-corrected chi connectivity index (χ3v) is 4.98. The minimum absolute atomic E-state index is 0.149. The smallest absolute Gasteiger partial charge is 0.236 e. The first-order valence-corrected chi connectivity index (χ1v) is 8.63. The van der Waals surface area contributed by atoms with Crippen LogP contribution in [-0.4, -0.2) is 11.1 Å². The van der Waals surface area contributed by atoms with Gasteiger partial charge in [0.15, 0.2) is 5.76 Å². The molecule has 1 fully saturated rings. The van der Waals surface area contributed by atoms with Crippen LogP contribution in [0.1, 0.15) is 18.5 Å². The molecule has 1 aliphatic rings. The molecule has 1 amide bonds. The van der Waals surface area contributed by atoms with Gasteiger partial charge in [-0.05, 0) is 31.0 Å². The van der Waals surface area contributed by atoms with Crippen LogP contribution >= 0.6 is 23.2 Å². The van der Waals surface area contributed by atoms with Crippen molar-refractivity contribution in [3.8, 4) is 11.3 Å². The van der Waals surface area contributed by atoms with Crippen LogP contribution in [0.5, 0.6) is 0 Å². The van der Waals surface area contributed by atoms with E-state index < -0.39 is 5.41 Å². The van der Waals surface area contributed by atoms with Crippen LogP contribution in [-0.2, 0) is 10.2 Å². The molecule has 0 bridgehead atoms. The van der Waals surface area contributed by atoms with Crippen molar-refractivity contribution in [3.63, 3.8) is 0 Å². The Kier molecular flexibility index (Phi) is 4.02. The van der Waals surface area contributed by atoms with Crippen molar-refractivity contribution in [1.29, 1.82) is 0 Å². The summed E-state index contributed by atoms with van der Waals surface area (Å²) in [5.41, 5.74) is 1.40. The summed E-state index contributed by atoms with van der Waals surface area (Å²) in [7, 11) is 0. The Morgan fingerprint density at radius 2 is 1.84 bits per heavy atom. The lowest BCUT2D eigenvalue weighted by Gasteiger charge is -2.13.